The van der Waals surface area contributed by atoms with Crippen LogP contribution in [0.5, 0.6) is 0 Å². The Hall–Kier alpha value is -3.48. The van der Waals surface area contributed by atoms with Gasteiger partial charge in [0.1, 0.15) is 6.54 Å². The number of nitrogens with zero attached hydrogens (tertiary/aromatic N) is 3. The van der Waals surface area contributed by atoms with Gasteiger partial charge in [-0.15, -0.1) is 0 Å². The van der Waals surface area contributed by atoms with Crippen LogP contribution in [0.1, 0.15) is 21.6 Å². The van der Waals surface area contributed by atoms with E-state index in [0.29, 0.717) is 27.9 Å². The molecule has 0 aliphatic rings. The number of rotatable bonds is 4. The molecule has 0 spiro atoms. The molecular weight excluding hydrogens is 356 g/mol. The lowest BCUT2D eigenvalue weighted by Crippen LogP contribution is -2.30. The quantitative estimate of drug-likeness (QED) is 0.755. The van der Waals surface area contributed by atoms with Crippen LogP contribution >= 0.6 is 0 Å². The number of aryl methyl sites for hydroxylation is 1. The van der Waals surface area contributed by atoms with Gasteiger partial charge in [-0.25, -0.2) is 4.68 Å². The van der Waals surface area contributed by atoms with Gasteiger partial charge in [0.25, 0.3) is 11.5 Å². The minimum absolute atomic E-state index is 0.142. The Labute approximate surface area is 162 Å². The smallest absolute Gasteiger partial charge is 0.275 e. The molecule has 2 amide bonds. The first-order valence-electron chi connectivity index (χ1n) is 8.87. The summed E-state index contributed by atoms with van der Waals surface area (Å²) < 4.78 is 1.16. The molecule has 0 radical (unpaired) electrons. The SMILES string of the molecule is Cc1c(NC(=O)Cn2nc(C)c3ccccc3c2=O)cccc1C(=O)N(C)C. The summed E-state index contributed by atoms with van der Waals surface area (Å²) in [4.78, 5) is 38.9. The van der Waals surface area contributed by atoms with Gasteiger partial charge in [-0.3, -0.25) is 14.4 Å². The Balaban J connectivity index is 1.87. The molecular formula is C21H22N4O3. The number of hydrogen-bond acceptors (Lipinski definition) is 4. The van der Waals surface area contributed by atoms with E-state index in [1.807, 2.05) is 12.1 Å². The number of nitrogens with one attached hydrogen (secondary N) is 1. The van der Waals surface area contributed by atoms with Gasteiger partial charge in [0.15, 0.2) is 0 Å². The maximum atomic E-state index is 12.6. The highest BCUT2D eigenvalue weighted by Crippen LogP contribution is 2.20. The predicted molar refractivity (Wildman–Crippen MR) is 109 cm³/mol. The van der Waals surface area contributed by atoms with Crippen molar-refractivity contribution in [2.75, 3.05) is 19.4 Å². The third-order valence-corrected chi connectivity index (χ3v) is 4.59. The van der Waals surface area contributed by atoms with Crippen molar-refractivity contribution in [2.45, 2.75) is 20.4 Å². The van der Waals surface area contributed by atoms with Crippen LogP contribution in [0.15, 0.2) is 47.3 Å². The summed E-state index contributed by atoms with van der Waals surface area (Å²) in [5.74, 6) is -0.529. The molecule has 0 unspecified atom stereocenters. The van der Waals surface area contributed by atoms with Crippen molar-refractivity contribution in [3.05, 3.63) is 69.6 Å². The van der Waals surface area contributed by atoms with Gasteiger partial charge in [0.2, 0.25) is 5.91 Å². The highest BCUT2D eigenvalue weighted by molar-refractivity contribution is 5.99. The Morgan fingerprint density at radius 3 is 2.39 bits per heavy atom. The van der Waals surface area contributed by atoms with Gasteiger partial charge in [0, 0.05) is 30.7 Å². The van der Waals surface area contributed by atoms with Crippen molar-refractivity contribution in [1.29, 1.82) is 0 Å². The Morgan fingerprint density at radius 1 is 1.04 bits per heavy atom. The molecule has 3 rings (SSSR count). The highest BCUT2D eigenvalue weighted by atomic mass is 16.2. The van der Waals surface area contributed by atoms with E-state index in [4.69, 9.17) is 0 Å². The molecule has 0 bridgehead atoms. The van der Waals surface area contributed by atoms with Crippen molar-refractivity contribution in [2.24, 2.45) is 0 Å². The second-order valence-corrected chi connectivity index (χ2v) is 6.82. The number of fused-ring (bicyclic) bond motifs is 1. The summed E-state index contributed by atoms with van der Waals surface area (Å²) >= 11 is 0. The number of amides is 2. The predicted octanol–water partition coefficient (Wildman–Crippen LogP) is 2.35. The second-order valence-electron chi connectivity index (χ2n) is 6.82. The molecule has 0 saturated heterocycles. The first-order valence-corrected chi connectivity index (χ1v) is 8.87. The van der Waals surface area contributed by atoms with E-state index >= 15 is 0 Å². The van der Waals surface area contributed by atoms with Crippen molar-refractivity contribution in [3.8, 4) is 0 Å². The second kappa shape index (κ2) is 7.64. The van der Waals surface area contributed by atoms with E-state index in [1.54, 1.807) is 58.3 Å². The van der Waals surface area contributed by atoms with Crippen LogP contribution in [0.25, 0.3) is 10.8 Å². The lowest BCUT2D eigenvalue weighted by Gasteiger charge is -2.15. The largest absolute Gasteiger partial charge is 0.345 e. The Kier molecular flexibility index (Phi) is 5.26. The molecule has 0 atom stereocenters. The molecule has 0 saturated carbocycles. The third kappa shape index (κ3) is 3.64. The number of carbonyl (C=O) groups excluding carboxylic acids is 2. The van der Waals surface area contributed by atoms with E-state index in [0.717, 1.165) is 10.1 Å². The molecule has 3 aromatic rings. The van der Waals surface area contributed by atoms with E-state index < -0.39 is 0 Å². The van der Waals surface area contributed by atoms with Crippen molar-refractivity contribution in [3.63, 3.8) is 0 Å². The molecule has 7 heteroatoms. The maximum absolute atomic E-state index is 12.6. The lowest BCUT2D eigenvalue weighted by atomic mass is 10.1. The molecule has 2 aromatic carbocycles. The van der Waals surface area contributed by atoms with E-state index in [1.165, 1.54) is 4.90 Å². The molecule has 0 fully saturated rings. The zero-order valence-electron chi connectivity index (χ0n) is 16.3. The topological polar surface area (TPSA) is 84.3 Å². The number of benzene rings is 2. The summed E-state index contributed by atoms with van der Waals surface area (Å²) in [5.41, 5.74) is 2.08. The lowest BCUT2D eigenvalue weighted by molar-refractivity contribution is -0.117. The number of hydrogen-bond donors (Lipinski definition) is 1. The van der Waals surface area contributed by atoms with Crippen LogP contribution in [0.3, 0.4) is 0 Å². The van der Waals surface area contributed by atoms with E-state index in [9.17, 15) is 14.4 Å². The standard InChI is InChI=1S/C21H22N4O3/c1-13-15(20(27)24(3)4)10-7-11-18(13)22-19(26)12-25-21(28)17-9-6-5-8-16(17)14(2)23-25/h5-11H,12H2,1-4H3,(H,22,26). The molecule has 1 heterocycles. The van der Waals surface area contributed by atoms with Crippen molar-refractivity contribution >= 4 is 28.3 Å². The minimum Gasteiger partial charge on any atom is -0.345 e. The molecule has 28 heavy (non-hydrogen) atoms. The summed E-state index contributed by atoms with van der Waals surface area (Å²) in [6, 6.07) is 12.3. The fourth-order valence-electron chi connectivity index (χ4n) is 3.08. The van der Waals surface area contributed by atoms with Gasteiger partial charge < -0.3 is 10.2 Å². The number of anilines is 1. The molecule has 7 nitrogen and oxygen atoms in total. The van der Waals surface area contributed by atoms with Gasteiger partial charge in [-0.05, 0) is 37.6 Å². The van der Waals surface area contributed by atoms with Gasteiger partial charge >= 0.3 is 0 Å². The van der Waals surface area contributed by atoms with Crippen LogP contribution in [0.4, 0.5) is 5.69 Å². The maximum Gasteiger partial charge on any atom is 0.275 e. The fourth-order valence-corrected chi connectivity index (χ4v) is 3.08. The van der Waals surface area contributed by atoms with Crippen molar-refractivity contribution in [1.82, 2.24) is 14.7 Å². The molecule has 0 aliphatic carbocycles. The monoisotopic (exact) mass is 378 g/mol. The Morgan fingerprint density at radius 2 is 1.71 bits per heavy atom. The normalized spacial score (nSPS) is 10.7. The zero-order valence-corrected chi connectivity index (χ0v) is 16.3. The summed E-state index contributed by atoms with van der Waals surface area (Å²) in [5, 5.41) is 8.33. The fraction of sp³-hybridized carbons (Fsp3) is 0.238. The summed E-state index contributed by atoms with van der Waals surface area (Å²) in [7, 11) is 3.35. The van der Waals surface area contributed by atoms with Crippen LogP contribution in [-0.4, -0.2) is 40.6 Å². The average molecular weight is 378 g/mol. The molecule has 144 valence electrons. The molecule has 1 aromatic heterocycles. The average Bonchev–Trinajstić information content (AvgIpc) is 2.67. The zero-order chi connectivity index (χ0) is 20.4. The van der Waals surface area contributed by atoms with Gasteiger partial charge in [-0.2, -0.15) is 5.10 Å². The van der Waals surface area contributed by atoms with Gasteiger partial charge in [-0.1, -0.05) is 24.3 Å². The van der Waals surface area contributed by atoms with Crippen LogP contribution in [0, 0.1) is 13.8 Å². The van der Waals surface area contributed by atoms with E-state index in [-0.39, 0.29) is 23.9 Å². The number of aromatic nitrogens is 2. The first kappa shape index (κ1) is 19.3. The first-order chi connectivity index (χ1) is 13.3. The van der Waals surface area contributed by atoms with E-state index in [2.05, 4.69) is 10.4 Å². The Bertz CT molecular complexity index is 1130. The van der Waals surface area contributed by atoms with Crippen LogP contribution in [-0.2, 0) is 11.3 Å². The molecule has 1 N–H and O–H groups in total. The minimum atomic E-state index is -0.387. The molecule has 0 aliphatic heterocycles. The number of carbonyl (C=O) groups is 2. The third-order valence-electron chi connectivity index (χ3n) is 4.59. The van der Waals surface area contributed by atoms with Crippen LogP contribution in [0.2, 0.25) is 0 Å². The highest BCUT2D eigenvalue weighted by Gasteiger charge is 2.16. The van der Waals surface area contributed by atoms with Crippen molar-refractivity contribution < 1.29 is 9.59 Å². The van der Waals surface area contributed by atoms with Crippen LogP contribution < -0.4 is 10.9 Å². The summed E-state index contributed by atoms with van der Waals surface area (Å²) in [6.45, 7) is 3.36. The van der Waals surface area contributed by atoms with Gasteiger partial charge in [0.05, 0.1) is 11.1 Å². The summed E-state index contributed by atoms with van der Waals surface area (Å²) in [6.07, 6.45) is 0.